The van der Waals surface area contributed by atoms with Gasteiger partial charge in [0.15, 0.2) is 5.11 Å². The van der Waals surface area contributed by atoms with Crippen LogP contribution in [-0.2, 0) is 4.79 Å². The van der Waals surface area contributed by atoms with Crippen molar-refractivity contribution in [2.75, 3.05) is 5.32 Å². The van der Waals surface area contributed by atoms with E-state index >= 15 is 0 Å². The molecule has 7 heteroatoms. The van der Waals surface area contributed by atoms with E-state index in [4.69, 9.17) is 23.8 Å². The predicted octanol–water partition coefficient (Wildman–Crippen LogP) is 4.33. The van der Waals surface area contributed by atoms with E-state index in [0.717, 1.165) is 11.3 Å². The summed E-state index contributed by atoms with van der Waals surface area (Å²) in [4.78, 5) is 15.6. The molecule has 1 amide bonds. The number of amides is 1. The fourth-order valence-electron chi connectivity index (χ4n) is 2.01. The minimum atomic E-state index is -0.143. The van der Waals surface area contributed by atoms with Gasteiger partial charge in [-0.1, -0.05) is 18.5 Å². The second-order valence-electron chi connectivity index (χ2n) is 5.35. The Morgan fingerprint density at radius 3 is 2.64 bits per heavy atom. The fraction of sp³-hybridized carbons (Fsp3) is 0.167. The summed E-state index contributed by atoms with van der Waals surface area (Å²) in [5.41, 5.74) is 2.93. The van der Waals surface area contributed by atoms with E-state index in [1.54, 1.807) is 49.5 Å². The van der Waals surface area contributed by atoms with Crippen LogP contribution < -0.4 is 10.6 Å². The predicted molar refractivity (Wildman–Crippen MR) is 106 cm³/mol. The van der Waals surface area contributed by atoms with Crippen LogP contribution in [0.1, 0.15) is 24.5 Å². The molecule has 0 aliphatic heterocycles. The van der Waals surface area contributed by atoms with Crippen LogP contribution in [-0.4, -0.2) is 22.3 Å². The highest BCUT2D eigenvalue weighted by Gasteiger charge is 2.05. The van der Waals surface area contributed by atoms with Gasteiger partial charge < -0.3 is 15.7 Å². The Hall–Kier alpha value is -2.44. The van der Waals surface area contributed by atoms with Crippen LogP contribution in [0.15, 0.2) is 41.4 Å². The fourth-order valence-corrected chi connectivity index (χ4v) is 2.53. The minimum Gasteiger partial charge on any atom is -0.506 e. The third-order valence-electron chi connectivity index (χ3n) is 3.29. The lowest BCUT2D eigenvalue weighted by Crippen LogP contribution is -2.33. The molecule has 0 spiro atoms. The summed E-state index contributed by atoms with van der Waals surface area (Å²) in [5, 5.41) is 16.0. The number of halogens is 1. The molecule has 0 unspecified atom stereocenters. The lowest BCUT2D eigenvalue weighted by atomic mass is 10.1. The first-order valence-corrected chi connectivity index (χ1v) is 8.41. The van der Waals surface area contributed by atoms with E-state index in [-0.39, 0.29) is 16.8 Å². The molecule has 2 aromatic rings. The molecule has 0 bridgehead atoms. The molecule has 0 heterocycles. The van der Waals surface area contributed by atoms with Crippen molar-refractivity contribution in [1.29, 1.82) is 0 Å². The van der Waals surface area contributed by atoms with Crippen LogP contribution >= 0.6 is 23.8 Å². The smallest absolute Gasteiger partial charge is 0.225 e. The first kappa shape index (κ1) is 18.9. The summed E-state index contributed by atoms with van der Waals surface area (Å²) in [5.74, 6) is -0.137. The summed E-state index contributed by atoms with van der Waals surface area (Å²) in [7, 11) is 0. The van der Waals surface area contributed by atoms with Crippen molar-refractivity contribution in [3.8, 4) is 5.75 Å². The van der Waals surface area contributed by atoms with Gasteiger partial charge in [0, 0.05) is 23.9 Å². The van der Waals surface area contributed by atoms with Crippen molar-refractivity contribution in [1.82, 2.24) is 5.32 Å². The molecule has 25 heavy (non-hydrogen) atoms. The molecule has 3 N–H and O–H groups in total. The molecule has 0 aliphatic rings. The Bertz CT molecular complexity index is 820. The molecule has 0 aromatic heterocycles. The van der Waals surface area contributed by atoms with E-state index in [2.05, 4.69) is 15.6 Å². The van der Waals surface area contributed by atoms with Crippen LogP contribution in [0.2, 0.25) is 5.02 Å². The van der Waals surface area contributed by atoms with E-state index < -0.39 is 0 Å². The summed E-state index contributed by atoms with van der Waals surface area (Å²) < 4.78 is 0. The standard InChI is InChI=1S/C18H18ClN3O2S/c1-3-16(23)22-18(25)21-14-6-4-13(5-7-14)20-10-12-8-11(2)9-15(19)17(12)24/h4-10,24H,3H2,1-2H3,(H2,21,22,23,25). The Kier molecular flexibility index (Phi) is 6.50. The molecule has 2 aromatic carbocycles. The topological polar surface area (TPSA) is 73.7 Å². The number of anilines is 1. The van der Waals surface area contributed by atoms with Crippen LogP contribution in [0.4, 0.5) is 11.4 Å². The summed E-state index contributed by atoms with van der Waals surface area (Å²) in [6, 6.07) is 10.7. The number of hydrogen-bond acceptors (Lipinski definition) is 4. The normalized spacial score (nSPS) is 10.7. The number of rotatable bonds is 4. The summed E-state index contributed by atoms with van der Waals surface area (Å²) >= 11 is 11.0. The molecule has 0 radical (unpaired) electrons. The van der Waals surface area contributed by atoms with Crippen molar-refractivity contribution in [3.63, 3.8) is 0 Å². The second-order valence-corrected chi connectivity index (χ2v) is 6.16. The first-order chi connectivity index (χ1) is 11.9. The van der Waals surface area contributed by atoms with Gasteiger partial charge in [0.25, 0.3) is 0 Å². The maximum atomic E-state index is 11.3. The number of hydrogen-bond donors (Lipinski definition) is 3. The Balaban J connectivity index is 2.05. The number of benzene rings is 2. The highest BCUT2D eigenvalue weighted by molar-refractivity contribution is 7.80. The van der Waals surface area contributed by atoms with Gasteiger partial charge >= 0.3 is 0 Å². The number of aryl methyl sites for hydroxylation is 1. The zero-order valence-corrected chi connectivity index (χ0v) is 15.4. The maximum absolute atomic E-state index is 11.3. The highest BCUT2D eigenvalue weighted by Crippen LogP contribution is 2.28. The van der Waals surface area contributed by atoms with Gasteiger partial charge in [-0.2, -0.15) is 0 Å². The van der Waals surface area contributed by atoms with Crippen LogP contribution in [0, 0.1) is 6.92 Å². The van der Waals surface area contributed by atoms with E-state index in [1.807, 2.05) is 6.92 Å². The number of phenols is 1. The SMILES string of the molecule is CCC(=O)NC(=S)Nc1ccc(N=Cc2cc(C)cc(Cl)c2O)cc1. The van der Waals surface area contributed by atoms with Crippen LogP contribution in [0.25, 0.3) is 0 Å². The second kappa shape index (κ2) is 8.60. The van der Waals surface area contributed by atoms with Gasteiger partial charge in [-0.25, -0.2) is 0 Å². The largest absolute Gasteiger partial charge is 0.506 e. The van der Waals surface area contributed by atoms with Crippen LogP contribution in [0.3, 0.4) is 0 Å². The van der Waals surface area contributed by atoms with E-state index in [1.165, 1.54) is 0 Å². The number of phenolic OH excluding ortho intramolecular Hbond substituents is 1. The number of carbonyl (C=O) groups excluding carboxylic acids is 1. The van der Waals surface area contributed by atoms with Gasteiger partial charge in [-0.05, 0) is 61.1 Å². The van der Waals surface area contributed by atoms with Crippen molar-refractivity contribution < 1.29 is 9.90 Å². The summed E-state index contributed by atoms with van der Waals surface area (Å²) in [6.07, 6.45) is 1.92. The van der Waals surface area contributed by atoms with Gasteiger partial charge in [0.2, 0.25) is 5.91 Å². The Morgan fingerprint density at radius 2 is 2.00 bits per heavy atom. The third kappa shape index (κ3) is 5.55. The number of nitrogens with zero attached hydrogens (tertiary/aromatic N) is 1. The summed E-state index contributed by atoms with van der Waals surface area (Å²) in [6.45, 7) is 3.65. The zero-order chi connectivity index (χ0) is 18.4. The Labute approximate surface area is 156 Å². The molecule has 0 atom stereocenters. The minimum absolute atomic E-state index is 0.00585. The van der Waals surface area contributed by atoms with Crippen molar-refractivity contribution in [2.24, 2.45) is 4.99 Å². The molecule has 0 fully saturated rings. The lowest BCUT2D eigenvalue weighted by Gasteiger charge is -2.08. The van der Waals surface area contributed by atoms with Gasteiger partial charge in [-0.15, -0.1) is 0 Å². The number of nitrogens with one attached hydrogen (secondary N) is 2. The molecule has 5 nitrogen and oxygen atoms in total. The van der Waals surface area contributed by atoms with Crippen molar-refractivity contribution in [3.05, 3.63) is 52.5 Å². The van der Waals surface area contributed by atoms with E-state index in [9.17, 15) is 9.90 Å². The first-order valence-electron chi connectivity index (χ1n) is 7.63. The van der Waals surface area contributed by atoms with Crippen molar-refractivity contribution >= 4 is 52.4 Å². The number of carbonyl (C=O) groups is 1. The van der Waals surface area contributed by atoms with Crippen LogP contribution in [0.5, 0.6) is 5.75 Å². The number of aliphatic imine (C=N–C) groups is 1. The highest BCUT2D eigenvalue weighted by atomic mass is 35.5. The number of thiocarbonyl (C=S) groups is 1. The molecule has 130 valence electrons. The maximum Gasteiger partial charge on any atom is 0.225 e. The molecule has 0 aliphatic carbocycles. The zero-order valence-electron chi connectivity index (χ0n) is 13.8. The Morgan fingerprint density at radius 1 is 1.32 bits per heavy atom. The third-order valence-corrected chi connectivity index (χ3v) is 3.78. The lowest BCUT2D eigenvalue weighted by molar-refractivity contribution is -0.119. The molecule has 2 rings (SSSR count). The van der Waals surface area contributed by atoms with Gasteiger partial charge in [0.1, 0.15) is 5.75 Å². The van der Waals surface area contributed by atoms with Gasteiger partial charge in [-0.3, -0.25) is 9.79 Å². The monoisotopic (exact) mass is 375 g/mol. The number of aromatic hydroxyl groups is 1. The van der Waals surface area contributed by atoms with Gasteiger partial charge in [0.05, 0.1) is 10.7 Å². The van der Waals surface area contributed by atoms with Crippen molar-refractivity contribution in [2.45, 2.75) is 20.3 Å². The quantitative estimate of drug-likeness (QED) is 0.549. The molecular formula is C18H18ClN3O2S. The average Bonchev–Trinajstić information content (AvgIpc) is 2.57. The molecule has 0 saturated heterocycles. The molecule has 0 saturated carbocycles. The molecular weight excluding hydrogens is 358 g/mol. The van der Waals surface area contributed by atoms with E-state index in [0.29, 0.717) is 22.7 Å². The average molecular weight is 376 g/mol.